The van der Waals surface area contributed by atoms with Crippen LogP contribution in [0.3, 0.4) is 0 Å². The summed E-state index contributed by atoms with van der Waals surface area (Å²) in [4.78, 5) is 1.17. The Morgan fingerprint density at radius 1 is 0.812 bits per heavy atom. The molecule has 3 aliphatic rings. The van der Waals surface area contributed by atoms with E-state index in [0.29, 0.717) is 0 Å². The van der Waals surface area contributed by atoms with Crippen molar-refractivity contribution in [1.82, 2.24) is 0 Å². The summed E-state index contributed by atoms with van der Waals surface area (Å²) in [6.45, 7) is 20.1. The summed E-state index contributed by atoms with van der Waals surface area (Å²) in [5, 5.41) is 0. The average molecular weight is 339 g/mol. The van der Waals surface area contributed by atoms with Crippen molar-refractivity contribution in [3.05, 3.63) is 12.3 Å². The Kier molecular flexibility index (Phi) is 3.37. The second-order valence-corrected chi connectivity index (χ2v) is 46.6. The average Bonchev–Trinajstić information content (AvgIpc) is 1.94. The Labute approximate surface area is 115 Å². The molecule has 16 heavy (non-hydrogen) atoms. The van der Waals surface area contributed by atoms with Crippen LogP contribution in [-0.2, 0) is 0 Å². The van der Waals surface area contributed by atoms with E-state index in [4.69, 9.17) is 0 Å². The van der Waals surface area contributed by atoms with Crippen LogP contribution in [0.25, 0.3) is 0 Å². The highest BCUT2D eigenvalue weighted by atomic mass is 32.9. The molecule has 2 bridgehead atoms. The monoisotopic (exact) mass is 338 g/mol. The van der Waals surface area contributed by atoms with Crippen LogP contribution in [0.4, 0.5) is 0 Å². The summed E-state index contributed by atoms with van der Waals surface area (Å²) in [6.07, 6.45) is 0. The van der Waals surface area contributed by atoms with Gasteiger partial charge in [0.1, 0.15) is 21.7 Å². The number of fused-ring (bicyclic) bond motifs is 3. The fourth-order valence-corrected chi connectivity index (χ4v) is 138. The first-order valence-corrected chi connectivity index (χ1v) is 23.9. The molecule has 0 aliphatic carbocycles. The second kappa shape index (κ2) is 3.83. The second-order valence-electron chi connectivity index (χ2n) is 6.36. The first kappa shape index (κ1) is 14.1. The van der Waals surface area contributed by atoms with E-state index in [2.05, 4.69) is 83.5 Å². The van der Waals surface area contributed by atoms with Gasteiger partial charge < -0.3 is 0 Å². The Hall–Kier alpha value is 1.66. The van der Waals surface area contributed by atoms with Gasteiger partial charge in [-0.3, -0.25) is 0 Å². The number of hydrogen-bond donors (Lipinski definition) is 0. The standard InChI is InChI=1S/C9H22S3Si4/c1-8-16-10-13(2,3)9(14(4,5)11-16)15(6,7)12-16/h8-9H,1H2,2-7H3. The summed E-state index contributed by atoms with van der Waals surface area (Å²) < 4.78 is 0. The molecule has 0 radical (unpaired) electrons. The van der Waals surface area contributed by atoms with Crippen molar-refractivity contribution in [2.24, 2.45) is 0 Å². The van der Waals surface area contributed by atoms with Crippen molar-refractivity contribution >= 4 is 59.2 Å². The lowest BCUT2D eigenvalue weighted by Gasteiger charge is -2.63. The summed E-state index contributed by atoms with van der Waals surface area (Å²) >= 11 is 0. The number of hydrogen-bond acceptors (Lipinski definition) is 3. The summed E-state index contributed by atoms with van der Waals surface area (Å²) in [5.74, 6) is 0. The minimum atomic E-state index is -1.27. The molecule has 0 atom stereocenters. The molecule has 3 rings (SSSR count). The summed E-state index contributed by atoms with van der Waals surface area (Å²) in [6, 6.07) is 0. The van der Waals surface area contributed by atoms with Crippen LogP contribution < -0.4 is 0 Å². The van der Waals surface area contributed by atoms with Crippen LogP contribution in [0.1, 0.15) is 0 Å². The van der Waals surface area contributed by atoms with Crippen LogP contribution in [0.5, 0.6) is 0 Å². The van der Waals surface area contributed by atoms with Crippen LogP contribution in [0.15, 0.2) is 12.3 Å². The highest BCUT2D eigenvalue weighted by molar-refractivity contribution is 8.99. The highest BCUT2D eigenvalue weighted by Gasteiger charge is 2.68. The smallest absolute Gasteiger partial charge is 0.182 e. The fraction of sp³-hybridized carbons (Fsp3) is 0.778. The normalized spacial score (nSPS) is 43.0. The van der Waals surface area contributed by atoms with E-state index < -0.39 is 27.2 Å². The lowest BCUT2D eigenvalue weighted by Crippen LogP contribution is -2.68. The predicted octanol–water partition coefficient (Wildman–Crippen LogP) is 4.94. The van der Waals surface area contributed by atoms with E-state index in [1.54, 1.807) is 0 Å². The molecular formula is C9H22S3Si4. The van der Waals surface area contributed by atoms with Crippen LogP contribution >= 0.6 is 32.0 Å². The molecule has 3 heterocycles. The first-order chi connectivity index (χ1) is 7.05. The highest BCUT2D eigenvalue weighted by Crippen LogP contribution is 2.71. The van der Waals surface area contributed by atoms with Gasteiger partial charge in [-0.15, -0.1) is 6.58 Å². The Balaban J connectivity index is 2.55. The SMILES string of the molecule is C=C[Si]12S[Si](C)(C)C([Si](C)(C)S1)[Si](C)(C)S2. The minimum Gasteiger partial charge on any atom is -0.182 e. The third-order valence-electron chi connectivity index (χ3n) is 3.55. The van der Waals surface area contributed by atoms with E-state index >= 15 is 0 Å². The molecule has 7 heteroatoms. The maximum atomic E-state index is 4.21. The topological polar surface area (TPSA) is 0 Å². The van der Waals surface area contributed by atoms with Gasteiger partial charge in [-0.2, -0.15) is 32.0 Å². The minimum absolute atomic E-state index is 1.05. The van der Waals surface area contributed by atoms with Crippen molar-refractivity contribution < 1.29 is 0 Å². The van der Waals surface area contributed by atoms with Crippen LogP contribution in [-0.4, -0.2) is 27.2 Å². The lowest BCUT2D eigenvalue weighted by atomic mass is 11.3. The molecule has 0 nitrogen and oxygen atoms in total. The molecule has 3 aliphatic heterocycles. The van der Waals surface area contributed by atoms with Crippen molar-refractivity contribution in [3.8, 4) is 0 Å². The van der Waals surface area contributed by atoms with Crippen LogP contribution in [0, 0.1) is 0 Å². The van der Waals surface area contributed by atoms with Gasteiger partial charge >= 0.3 is 0 Å². The molecule has 0 aromatic rings. The van der Waals surface area contributed by atoms with Gasteiger partial charge in [0.15, 0.2) is 0 Å². The molecule has 92 valence electrons. The lowest BCUT2D eigenvalue weighted by molar-refractivity contribution is 1.47. The van der Waals surface area contributed by atoms with Gasteiger partial charge in [-0.25, -0.2) is 0 Å². The van der Waals surface area contributed by atoms with Crippen molar-refractivity contribution in [1.29, 1.82) is 0 Å². The zero-order chi connectivity index (χ0) is 12.4. The third-order valence-corrected chi connectivity index (χ3v) is 73.7. The quantitative estimate of drug-likeness (QED) is 0.621. The zero-order valence-corrected chi connectivity index (χ0v) is 17.5. The molecular weight excluding hydrogens is 317 g/mol. The molecule has 0 unspecified atom stereocenters. The van der Waals surface area contributed by atoms with Gasteiger partial charge in [0.25, 0.3) is 0 Å². The van der Waals surface area contributed by atoms with Gasteiger partial charge in [-0.1, -0.05) is 45.0 Å². The molecule has 0 saturated carbocycles. The van der Waals surface area contributed by atoms with Gasteiger partial charge in [0.2, 0.25) is 5.52 Å². The summed E-state index contributed by atoms with van der Waals surface area (Å²) in [5.41, 5.74) is 1.13. The Morgan fingerprint density at radius 2 is 1.12 bits per heavy atom. The number of rotatable bonds is 1. The molecule has 0 aromatic carbocycles. The maximum absolute atomic E-state index is 4.21. The Morgan fingerprint density at radius 3 is 1.38 bits per heavy atom. The zero-order valence-electron chi connectivity index (χ0n) is 11.1. The molecule has 0 N–H and O–H groups in total. The molecule has 0 aromatic heterocycles. The molecule has 3 saturated heterocycles. The third kappa shape index (κ3) is 2.03. The molecule has 0 spiro atoms. The van der Waals surface area contributed by atoms with Gasteiger partial charge in [0.05, 0.1) is 0 Å². The molecule has 0 amide bonds. The molecule has 3 fully saturated rings. The van der Waals surface area contributed by atoms with E-state index in [1.807, 2.05) is 0 Å². The Bertz CT molecular complexity index is 294. The fourth-order valence-electron chi connectivity index (χ4n) is 3.98. The first-order valence-electron chi connectivity index (χ1n) is 5.79. The summed E-state index contributed by atoms with van der Waals surface area (Å²) in [7, 11) is 4.20. The van der Waals surface area contributed by atoms with Crippen LogP contribution in [0.2, 0.25) is 44.1 Å². The largest absolute Gasteiger partial charge is 0.245 e. The van der Waals surface area contributed by atoms with E-state index in [1.165, 1.54) is 4.79 Å². The van der Waals surface area contributed by atoms with E-state index in [-0.39, 0.29) is 0 Å². The van der Waals surface area contributed by atoms with E-state index in [9.17, 15) is 0 Å². The predicted molar refractivity (Wildman–Crippen MR) is 94.9 cm³/mol. The van der Waals surface area contributed by atoms with Crippen molar-refractivity contribution in [2.45, 2.75) is 44.1 Å². The van der Waals surface area contributed by atoms with Crippen molar-refractivity contribution in [2.75, 3.05) is 0 Å². The van der Waals surface area contributed by atoms with E-state index in [0.717, 1.165) is 0 Å². The maximum Gasteiger partial charge on any atom is 0.245 e. The van der Waals surface area contributed by atoms with Gasteiger partial charge in [-0.05, 0) is 4.79 Å². The van der Waals surface area contributed by atoms with Crippen molar-refractivity contribution in [3.63, 3.8) is 0 Å². The van der Waals surface area contributed by atoms with Gasteiger partial charge in [0, 0.05) is 0 Å².